The van der Waals surface area contributed by atoms with E-state index >= 15 is 0 Å². The lowest BCUT2D eigenvalue weighted by atomic mass is 9.86. The van der Waals surface area contributed by atoms with Crippen molar-refractivity contribution in [3.05, 3.63) is 23.8 Å². The minimum atomic E-state index is -2.81. The Kier molecular flexibility index (Phi) is 7.84. The number of alkyl halides is 2. The second kappa shape index (κ2) is 10.2. The van der Waals surface area contributed by atoms with Gasteiger partial charge in [0.15, 0.2) is 0 Å². The zero-order chi connectivity index (χ0) is 23.5. The summed E-state index contributed by atoms with van der Waals surface area (Å²) in [6.45, 7) is 7.66. The molecular weight excluding hydrogens is 418 g/mol. The Morgan fingerprint density at radius 1 is 1.34 bits per heavy atom. The number of ether oxygens (including phenoxy) is 1. The first kappa shape index (κ1) is 24.5. The van der Waals surface area contributed by atoms with Crippen LogP contribution in [-0.2, 0) is 14.3 Å². The summed E-state index contributed by atoms with van der Waals surface area (Å²) in [4.78, 5) is 28.8. The molecule has 1 saturated carbocycles. The lowest BCUT2D eigenvalue weighted by Gasteiger charge is -2.44. The number of benzene rings is 1. The number of halogens is 2. The minimum absolute atomic E-state index is 0.0379. The number of nitrogens with zero attached hydrogens (tertiary/aromatic N) is 2. The predicted molar refractivity (Wildman–Crippen MR) is 120 cm³/mol. The molecule has 0 bridgehead atoms. The highest BCUT2D eigenvalue weighted by molar-refractivity contribution is 5.97. The molecule has 3 N–H and O–H groups in total. The van der Waals surface area contributed by atoms with E-state index in [1.807, 2.05) is 0 Å². The largest absolute Gasteiger partial charge is 0.370 e. The Labute approximate surface area is 188 Å². The number of morpholine rings is 1. The van der Waals surface area contributed by atoms with Crippen LogP contribution in [0.1, 0.15) is 52.0 Å². The van der Waals surface area contributed by atoms with Gasteiger partial charge in [0.25, 0.3) is 12.3 Å². The smallest absolute Gasteiger partial charge is 0.265 e. The molecule has 0 aromatic heterocycles. The fourth-order valence-electron chi connectivity index (χ4n) is 4.17. The van der Waals surface area contributed by atoms with Gasteiger partial charge in [-0.15, -0.1) is 0 Å². The zero-order valence-corrected chi connectivity index (χ0v) is 19.1. The maximum Gasteiger partial charge on any atom is 0.265 e. The Hall–Kier alpha value is -2.10. The number of nitrogens with two attached hydrogens (primary N) is 1. The van der Waals surface area contributed by atoms with Crippen LogP contribution < -0.4 is 16.0 Å². The molecule has 1 aliphatic carbocycles. The van der Waals surface area contributed by atoms with Crippen molar-refractivity contribution in [2.45, 2.75) is 58.5 Å². The zero-order valence-electron chi connectivity index (χ0n) is 19.1. The Morgan fingerprint density at radius 3 is 2.59 bits per heavy atom. The van der Waals surface area contributed by atoms with Crippen molar-refractivity contribution in [2.75, 3.05) is 43.1 Å². The summed E-state index contributed by atoms with van der Waals surface area (Å²) in [6.07, 6.45) is 0.311. The average molecular weight is 453 g/mol. The number of hydrogen-bond donors (Lipinski definition) is 2. The van der Waals surface area contributed by atoms with Crippen molar-refractivity contribution < 1.29 is 23.1 Å². The fourth-order valence-corrected chi connectivity index (χ4v) is 4.17. The van der Waals surface area contributed by atoms with E-state index in [4.69, 9.17) is 10.5 Å². The van der Waals surface area contributed by atoms with Crippen LogP contribution >= 0.6 is 0 Å². The molecule has 9 heteroatoms. The number of nitrogens with one attached hydrogen (secondary N) is 1. The summed E-state index contributed by atoms with van der Waals surface area (Å²) in [7, 11) is 0. The number of rotatable bonds is 8. The molecule has 1 aromatic rings. The Balaban J connectivity index is 1.82. The molecule has 0 radical (unpaired) electrons. The first-order valence-electron chi connectivity index (χ1n) is 11.2. The lowest BCUT2D eigenvalue weighted by Crippen LogP contribution is -2.57. The number of amides is 2. The SMILES string of the molecule is CC(C)(C)CN(C1CCC1)[C@H](CN)C(=O)Nc1ccc(N2CCOCC2=O)cc1C(F)F. The van der Waals surface area contributed by atoms with Crippen LogP contribution in [0, 0.1) is 5.41 Å². The van der Waals surface area contributed by atoms with Crippen LogP contribution in [0.4, 0.5) is 20.2 Å². The first-order valence-corrected chi connectivity index (χ1v) is 11.2. The van der Waals surface area contributed by atoms with Gasteiger partial charge in [-0.1, -0.05) is 27.2 Å². The van der Waals surface area contributed by atoms with Crippen molar-refractivity contribution in [3.8, 4) is 0 Å². The molecule has 2 aliphatic rings. The highest BCUT2D eigenvalue weighted by atomic mass is 19.3. The summed E-state index contributed by atoms with van der Waals surface area (Å²) in [5, 5.41) is 2.68. The number of carbonyl (C=O) groups excluding carboxylic acids is 2. The average Bonchev–Trinajstić information content (AvgIpc) is 2.66. The van der Waals surface area contributed by atoms with E-state index in [1.165, 1.54) is 17.0 Å². The van der Waals surface area contributed by atoms with Gasteiger partial charge in [0.1, 0.15) is 12.6 Å². The minimum Gasteiger partial charge on any atom is -0.370 e. The van der Waals surface area contributed by atoms with Crippen LogP contribution in [-0.4, -0.2) is 61.6 Å². The van der Waals surface area contributed by atoms with Gasteiger partial charge in [-0.3, -0.25) is 14.5 Å². The second-order valence-electron chi connectivity index (χ2n) is 9.73. The molecule has 0 unspecified atom stereocenters. The van der Waals surface area contributed by atoms with Crippen molar-refractivity contribution in [2.24, 2.45) is 11.1 Å². The monoisotopic (exact) mass is 452 g/mol. The molecule has 1 saturated heterocycles. The van der Waals surface area contributed by atoms with E-state index in [1.54, 1.807) is 6.07 Å². The number of carbonyl (C=O) groups is 2. The van der Waals surface area contributed by atoms with E-state index in [9.17, 15) is 18.4 Å². The third kappa shape index (κ3) is 5.82. The molecule has 32 heavy (non-hydrogen) atoms. The molecular formula is C23H34F2N4O3. The highest BCUT2D eigenvalue weighted by Gasteiger charge is 2.36. The van der Waals surface area contributed by atoms with Gasteiger partial charge in [-0.05, 0) is 36.5 Å². The van der Waals surface area contributed by atoms with Crippen LogP contribution in [0.15, 0.2) is 18.2 Å². The van der Waals surface area contributed by atoms with Gasteiger partial charge >= 0.3 is 0 Å². The van der Waals surface area contributed by atoms with Gasteiger partial charge in [0.05, 0.1) is 6.61 Å². The van der Waals surface area contributed by atoms with Gasteiger partial charge < -0.3 is 20.7 Å². The summed E-state index contributed by atoms with van der Waals surface area (Å²) in [5.74, 6) is -0.671. The molecule has 178 valence electrons. The van der Waals surface area contributed by atoms with Gasteiger partial charge in [-0.25, -0.2) is 8.78 Å². The number of anilines is 2. The molecule has 1 aliphatic heterocycles. The van der Waals surface area contributed by atoms with Gasteiger partial charge in [0.2, 0.25) is 5.91 Å². The van der Waals surface area contributed by atoms with Crippen molar-refractivity contribution in [1.29, 1.82) is 0 Å². The maximum absolute atomic E-state index is 13.9. The fraction of sp³-hybridized carbons (Fsp3) is 0.652. The van der Waals surface area contributed by atoms with Crippen LogP contribution in [0.5, 0.6) is 0 Å². The van der Waals surface area contributed by atoms with Crippen LogP contribution in [0.25, 0.3) is 0 Å². The lowest BCUT2D eigenvalue weighted by molar-refractivity contribution is -0.126. The molecule has 1 aromatic carbocycles. The highest BCUT2D eigenvalue weighted by Crippen LogP contribution is 2.33. The third-order valence-corrected chi connectivity index (χ3v) is 5.95. The van der Waals surface area contributed by atoms with Crippen molar-refractivity contribution in [1.82, 2.24) is 4.90 Å². The number of hydrogen-bond acceptors (Lipinski definition) is 5. The molecule has 1 atom stereocenters. The summed E-state index contributed by atoms with van der Waals surface area (Å²) in [6, 6.07) is 3.94. The van der Waals surface area contributed by atoms with Crippen molar-refractivity contribution >= 4 is 23.2 Å². The standard InChI is InChI=1S/C23H34F2N4O3/c1-23(2,3)14-29(15-5-4-6-15)19(12-26)22(31)27-18-8-7-16(11-17(18)21(24)25)28-9-10-32-13-20(28)30/h7-8,11,15,19,21H,4-6,9-10,12-14,26H2,1-3H3,(H,27,31)/t19-/m1/s1. The van der Waals surface area contributed by atoms with E-state index in [0.717, 1.165) is 19.3 Å². The molecule has 0 spiro atoms. The van der Waals surface area contributed by atoms with Crippen LogP contribution in [0.2, 0.25) is 0 Å². The Bertz CT molecular complexity index is 824. The van der Waals surface area contributed by atoms with E-state index < -0.39 is 12.5 Å². The molecule has 3 rings (SSSR count). The summed E-state index contributed by atoms with van der Waals surface area (Å²) < 4.78 is 32.8. The second-order valence-corrected chi connectivity index (χ2v) is 9.73. The maximum atomic E-state index is 13.9. The molecule has 2 fully saturated rings. The third-order valence-electron chi connectivity index (χ3n) is 5.95. The molecule has 2 amide bonds. The van der Waals surface area contributed by atoms with E-state index in [0.29, 0.717) is 25.4 Å². The summed E-state index contributed by atoms with van der Waals surface area (Å²) >= 11 is 0. The molecule has 1 heterocycles. The van der Waals surface area contributed by atoms with Gasteiger partial charge in [0, 0.05) is 42.6 Å². The first-order chi connectivity index (χ1) is 15.1. The normalized spacial score (nSPS) is 18.8. The van der Waals surface area contributed by atoms with E-state index in [2.05, 4.69) is 31.0 Å². The van der Waals surface area contributed by atoms with Crippen molar-refractivity contribution in [3.63, 3.8) is 0 Å². The Morgan fingerprint density at radius 2 is 2.06 bits per heavy atom. The topological polar surface area (TPSA) is 87.9 Å². The quantitative estimate of drug-likeness (QED) is 0.633. The summed E-state index contributed by atoms with van der Waals surface area (Å²) in [5.41, 5.74) is 6.04. The van der Waals surface area contributed by atoms with E-state index in [-0.39, 0.29) is 47.7 Å². The van der Waals surface area contributed by atoms with Crippen LogP contribution in [0.3, 0.4) is 0 Å². The predicted octanol–water partition coefficient (Wildman–Crippen LogP) is 3.15. The van der Waals surface area contributed by atoms with Gasteiger partial charge in [-0.2, -0.15) is 0 Å². The molecule has 7 nitrogen and oxygen atoms in total.